The fourth-order valence-electron chi connectivity index (χ4n) is 1.94. The van der Waals surface area contributed by atoms with Gasteiger partial charge in [0, 0.05) is 6.07 Å². The first-order chi connectivity index (χ1) is 9.28. The second-order valence-corrected chi connectivity index (χ2v) is 4.34. The van der Waals surface area contributed by atoms with Gasteiger partial charge in [0.1, 0.15) is 18.9 Å². The number of aliphatic hydroxyl groups excluding tert-OH is 1. The van der Waals surface area contributed by atoms with Crippen molar-refractivity contribution in [2.75, 3.05) is 13.2 Å². The quantitative estimate of drug-likeness (QED) is 0.906. The molecule has 1 aliphatic rings. The standard InChI is InChI=1S/C13H15N3O3/c1-2-11(17)10-8-16(15-14-10)9-3-4-12-13(7-9)19-6-5-18-12/h3-4,7-8,11,17H,2,5-6H2,1H3. The molecular weight excluding hydrogens is 246 g/mol. The van der Waals surface area contributed by atoms with Gasteiger partial charge in [0.05, 0.1) is 18.0 Å². The molecule has 19 heavy (non-hydrogen) atoms. The summed E-state index contributed by atoms with van der Waals surface area (Å²) in [6.45, 7) is 3.02. The van der Waals surface area contributed by atoms with E-state index < -0.39 is 6.10 Å². The molecule has 1 aliphatic heterocycles. The summed E-state index contributed by atoms with van der Waals surface area (Å²) in [5, 5.41) is 17.7. The van der Waals surface area contributed by atoms with Crippen molar-refractivity contribution in [2.45, 2.75) is 19.4 Å². The molecule has 6 nitrogen and oxygen atoms in total. The number of ether oxygens (including phenoxy) is 2. The number of benzene rings is 1. The van der Waals surface area contributed by atoms with Gasteiger partial charge in [-0.1, -0.05) is 12.1 Å². The van der Waals surface area contributed by atoms with Crippen molar-refractivity contribution >= 4 is 0 Å². The van der Waals surface area contributed by atoms with E-state index in [1.54, 1.807) is 10.9 Å². The fourth-order valence-corrected chi connectivity index (χ4v) is 1.94. The second kappa shape index (κ2) is 4.89. The Morgan fingerprint density at radius 1 is 1.32 bits per heavy atom. The van der Waals surface area contributed by atoms with Crippen molar-refractivity contribution in [1.29, 1.82) is 0 Å². The smallest absolute Gasteiger partial charge is 0.163 e. The van der Waals surface area contributed by atoms with Crippen molar-refractivity contribution in [3.8, 4) is 17.2 Å². The lowest BCUT2D eigenvalue weighted by atomic mass is 10.2. The SMILES string of the molecule is CCC(O)c1cn(-c2ccc3c(c2)OCCO3)nn1. The van der Waals surface area contributed by atoms with Gasteiger partial charge in [0.2, 0.25) is 0 Å². The zero-order chi connectivity index (χ0) is 13.2. The van der Waals surface area contributed by atoms with Gasteiger partial charge in [-0.25, -0.2) is 4.68 Å². The zero-order valence-corrected chi connectivity index (χ0v) is 10.6. The van der Waals surface area contributed by atoms with E-state index in [-0.39, 0.29) is 0 Å². The third-order valence-electron chi connectivity index (χ3n) is 3.03. The number of nitrogens with zero attached hydrogens (tertiary/aromatic N) is 3. The summed E-state index contributed by atoms with van der Waals surface area (Å²) in [5.41, 5.74) is 1.39. The Kier molecular flexibility index (Phi) is 3.08. The third-order valence-corrected chi connectivity index (χ3v) is 3.03. The Morgan fingerprint density at radius 2 is 2.11 bits per heavy atom. The number of fused-ring (bicyclic) bond motifs is 1. The molecule has 3 rings (SSSR count). The summed E-state index contributed by atoms with van der Waals surface area (Å²) in [5.74, 6) is 1.45. The molecule has 1 unspecified atom stereocenters. The summed E-state index contributed by atoms with van der Waals surface area (Å²) in [4.78, 5) is 0. The van der Waals surface area contributed by atoms with Crippen LogP contribution in [0.4, 0.5) is 0 Å². The van der Waals surface area contributed by atoms with Crippen molar-refractivity contribution in [1.82, 2.24) is 15.0 Å². The maximum atomic E-state index is 9.72. The average molecular weight is 261 g/mol. The molecule has 1 N–H and O–H groups in total. The summed E-state index contributed by atoms with van der Waals surface area (Å²) in [6.07, 6.45) is 1.75. The molecule has 6 heteroatoms. The molecular formula is C13H15N3O3. The highest BCUT2D eigenvalue weighted by atomic mass is 16.6. The fraction of sp³-hybridized carbons (Fsp3) is 0.385. The molecule has 1 aromatic carbocycles. The highest BCUT2D eigenvalue weighted by Crippen LogP contribution is 2.31. The van der Waals surface area contributed by atoms with E-state index in [4.69, 9.17) is 9.47 Å². The van der Waals surface area contributed by atoms with E-state index in [9.17, 15) is 5.11 Å². The molecule has 1 atom stereocenters. The van der Waals surface area contributed by atoms with Crippen LogP contribution in [0.25, 0.3) is 5.69 Å². The van der Waals surface area contributed by atoms with E-state index in [1.165, 1.54) is 0 Å². The molecule has 2 heterocycles. The maximum absolute atomic E-state index is 9.72. The van der Waals surface area contributed by atoms with Gasteiger partial charge in [-0.15, -0.1) is 5.10 Å². The van der Waals surface area contributed by atoms with Crippen LogP contribution in [0.15, 0.2) is 24.4 Å². The predicted molar refractivity (Wildman–Crippen MR) is 67.6 cm³/mol. The van der Waals surface area contributed by atoms with Crippen LogP contribution in [0, 0.1) is 0 Å². The van der Waals surface area contributed by atoms with Gasteiger partial charge in [0.25, 0.3) is 0 Å². The molecule has 0 spiro atoms. The number of aliphatic hydroxyl groups is 1. The van der Waals surface area contributed by atoms with Crippen molar-refractivity contribution < 1.29 is 14.6 Å². The van der Waals surface area contributed by atoms with Crippen LogP contribution in [0.1, 0.15) is 25.1 Å². The van der Waals surface area contributed by atoms with Gasteiger partial charge in [-0.3, -0.25) is 0 Å². The highest BCUT2D eigenvalue weighted by molar-refractivity contribution is 5.49. The molecule has 100 valence electrons. The Morgan fingerprint density at radius 3 is 2.89 bits per heavy atom. The van der Waals surface area contributed by atoms with Crippen molar-refractivity contribution in [2.24, 2.45) is 0 Å². The molecule has 0 fully saturated rings. The first-order valence-corrected chi connectivity index (χ1v) is 6.28. The van der Waals surface area contributed by atoms with Gasteiger partial charge >= 0.3 is 0 Å². The molecule has 0 saturated carbocycles. The van der Waals surface area contributed by atoms with Gasteiger partial charge < -0.3 is 14.6 Å². The summed E-state index contributed by atoms with van der Waals surface area (Å²) in [7, 11) is 0. The molecule has 0 saturated heterocycles. The molecule has 1 aromatic heterocycles. The minimum Gasteiger partial charge on any atom is -0.486 e. The number of hydrogen-bond acceptors (Lipinski definition) is 5. The topological polar surface area (TPSA) is 69.4 Å². The van der Waals surface area contributed by atoms with Gasteiger partial charge in [-0.2, -0.15) is 0 Å². The lowest BCUT2D eigenvalue weighted by molar-refractivity contribution is 0.169. The Labute approximate surface area is 110 Å². The largest absolute Gasteiger partial charge is 0.486 e. The van der Waals surface area contributed by atoms with E-state index in [2.05, 4.69) is 10.3 Å². The van der Waals surface area contributed by atoms with Crippen LogP contribution >= 0.6 is 0 Å². The Bertz CT molecular complexity index is 582. The lowest BCUT2D eigenvalue weighted by Crippen LogP contribution is -2.15. The number of hydrogen-bond donors (Lipinski definition) is 1. The van der Waals surface area contributed by atoms with E-state index in [0.29, 0.717) is 31.1 Å². The minimum absolute atomic E-state index is 0.549. The van der Waals surface area contributed by atoms with E-state index in [0.717, 1.165) is 11.4 Å². The normalized spacial score (nSPS) is 15.3. The van der Waals surface area contributed by atoms with Crippen molar-refractivity contribution in [3.63, 3.8) is 0 Å². The van der Waals surface area contributed by atoms with Crippen LogP contribution in [-0.4, -0.2) is 33.3 Å². The molecule has 0 amide bonds. The Balaban J connectivity index is 1.91. The van der Waals surface area contributed by atoms with E-state index in [1.807, 2.05) is 25.1 Å². The molecule has 0 radical (unpaired) electrons. The monoisotopic (exact) mass is 261 g/mol. The van der Waals surface area contributed by atoms with Gasteiger partial charge in [-0.05, 0) is 18.6 Å². The van der Waals surface area contributed by atoms with Crippen molar-refractivity contribution in [3.05, 3.63) is 30.1 Å². The highest BCUT2D eigenvalue weighted by Gasteiger charge is 2.14. The number of rotatable bonds is 3. The summed E-state index contributed by atoms with van der Waals surface area (Å²) in [6, 6.07) is 5.58. The van der Waals surface area contributed by atoms with Crippen LogP contribution in [0.3, 0.4) is 0 Å². The third kappa shape index (κ3) is 2.26. The summed E-state index contributed by atoms with van der Waals surface area (Å²) < 4.78 is 12.6. The zero-order valence-electron chi connectivity index (χ0n) is 10.6. The first-order valence-electron chi connectivity index (χ1n) is 6.28. The van der Waals surface area contributed by atoms with Crippen LogP contribution in [-0.2, 0) is 0 Å². The maximum Gasteiger partial charge on any atom is 0.163 e. The summed E-state index contributed by atoms with van der Waals surface area (Å²) >= 11 is 0. The molecule has 0 aliphatic carbocycles. The average Bonchev–Trinajstić information content (AvgIpc) is 2.95. The first kappa shape index (κ1) is 12.0. The Hall–Kier alpha value is -2.08. The van der Waals surface area contributed by atoms with Crippen LogP contribution < -0.4 is 9.47 Å². The van der Waals surface area contributed by atoms with E-state index >= 15 is 0 Å². The van der Waals surface area contributed by atoms with Crippen LogP contribution in [0.5, 0.6) is 11.5 Å². The second-order valence-electron chi connectivity index (χ2n) is 4.34. The van der Waals surface area contributed by atoms with Gasteiger partial charge in [0.15, 0.2) is 11.5 Å². The predicted octanol–water partition coefficient (Wildman–Crippen LogP) is 1.48. The lowest BCUT2D eigenvalue weighted by Gasteiger charge is -2.18. The molecule has 0 bridgehead atoms. The number of aromatic nitrogens is 3. The van der Waals surface area contributed by atoms with Crippen LogP contribution in [0.2, 0.25) is 0 Å². The minimum atomic E-state index is -0.578. The molecule has 2 aromatic rings.